The number of pyridine rings is 1. The lowest BCUT2D eigenvalue weighted by Crippen LogP contribution is -2.32. The zero-order chi connectivity index (χ0) is 13.5. The minimum Gasteiger partial charge on any atom is -0.383 e. The van der Waals surface area contributed by atoms with Crippen LogP contribution in [0.5, 0.6) is 0 Å². The highest BCUT2D eigenvalue weighted by atomic mass is 16.5. The van der Waals surface area contributed by atoms with Gasteiger partial charge in [-0.2, -0.15) is 0 Å². The van der Waals surface area contributed by atoms with Crippen LogP contribution in [0.1, 0.15) is 25.3 Å². The Bertz CT molecular complexity index is 502. The summed E-state index contributed by atoms with van der Waals surface area (Å²) in [5.41, 5.74) is 1.25. The molecule has 0 aliphatic carbocycles. The molecular formula is C16H22N2O. The van der Waals surface area contributed by atoms with Gasteiger partial charge in [0.2, 0.25) is 0 Å². The summed E-state index contributed by atoms with van der Waals surface area (Å²) in [6.07, 6.45) is 6.16. The van der Waals surface area contributed by atoms with Crippen molar-refractivity contribution in [1.82, 2.24) is 10.3 Å². The summed E-state index contributed by atoms with van der Waals surface area (Å²) >= 11 is 0. The molecule has 0 radical (unpaired) electrons. The number of hydrogen-bond acceptors (Lipinski definition) is 3. The third kappa shape index (κ3) is 3.75. The molecule has 1 aromatic heterocycles. The SMILES string of the molecule is CCCC(COC)NCc1cncc2ccccc12. The van der Waals surface area contributed by atoms with E-state index < -0.39 is 0 Å². The Morgan fingerprint density at radius 3 is 2.89 bits per heavy atom. The molecule has 3 nitrogen and oxygen atoms in total. The van der Waals surface area contributed by atoms with Crippen LogP contribution >= 0.6 is 0 Å². The Hall–Kier alpha value is -1.45. The first-order chi connectivity index (χ1) is 9.35. The van der Waals surface area contributed by atoms with Crippen LogP contribution in [-0.4, -0.2) is 24.7 Å². The molecule has 3 heteroatoms. The van der Waals surface area contributed by atoms with Crippen LogP contribution < -0.4 is 5.32 Å². The van der Waals surface area contributed by atoms with Crippen molar-refractivity contribution in [2.75, 3.05) is 13.7 Å². The van der Waals surface area contributed by atoms with Gasteiger partial charge in [0, 0.05) is 37.5 Å². The molecule has 102 valence electrons. The normalized spacial score (nSPS) is 12.7. The van der Waals surface area contributed by atoms with Gasteiger partial charge in [-0.1, -0.05) is 37.6 Å². The van der Waals surface area contributed by atoms with E-state index in [0.29, 0.717) is 6.04 Å². The van der Waals surface area contributed by atoms with Crippen LogP contribution in [0.4, 0.5) is 0 Å². The molecule has 0 saturated carbocycles. The summed E-state index contributed by atoms with van der Waals surface area (Å²) in [4.78, 5) is 4.31. The standard InChI is InChI=1S/C16H22N2O/c1-3-6-15(12-19-2)18-11-14-10-17-9-13-7-4-5-8-16(13)14/h4-5,7-10,15,18H,3,6,11-12H2,1-2H3. The Labute approximate surface area is 115 Å². The average molecular weight is 258 g/mol. The number of rotatable bonds is 7. The number of hydrogen-bond donors (Lipinski definition) is 1. The summed E-state index contributed by atoms with van der Waals surface area (Å²) in [7, 11) is 1.75. The molecule has 1 atom stereocenters. The van der Waals surface area contributed by atoms with E-state index in [9.17, 15) is 0 Å². The van der Waals surface area contributed by atoms with Crippen LogP contribution in [0.15, 0.2) is 36.7 Å². The summed E-state index contributed by atoms with van der Waals surface area (Å²) in [5, 5.41) is 6.04. The van der Waals surface area contributed by atoms with Crippen molar-refractivity contribution >= 4 is 10.8 Å². The maximum atomic E-state index is 5.25. The molecule has 0 fully saturated rings. The van der Waals surface area contributed by atoms with Gasteiger partial charge in [-0.05, 0) is 17.4 Å². The maximum Gasteiger partial charge on any atom is 0.0615 e. The molecular weight excluding hydrogens is 236 g/mol. The van der Waals surface area contributed by atoms with Crippen molar-refractivity contribution in [2.24, 2.45) is 0 Å². The number of methoxy groups -OCH3 is 1. The predicted octanol–water partition coefficient (Wildman–Crippen LogP) is 3.14. The molecule has 0 aliphatic heterocycles. The minimum atomic E-state index is 0.411. The second kappa shape index (κ2) is 7.22. The molecule has 0 bridgehead atoms. The zero-order valence-electron chi connectivity index (χ0n) is 11.7. The van der Waals surface area contributed by atoms with Crippen molar-refractivity contribution in [1.29, 1.82) is 0 Å². The smallest absolute Gasteiger partial charge is 0.0615 e. The maximum absolute atomic E-state index is 5.25. The van der Waals surface area contributed by atoms with Crippen molar-refractivity contribution < 1.29 is 4.74 Å². The van der Waals surface area contributed by atoms with Gasteiger partial charge < -0.3 is 10.1 Å². The van der Waals surface area contributed by atoms with Gasteiger partial charge in [0.05, 0.1) is 6.61 Å². The monoisotopic (exact) mass is 258 g/mol. The molecule has 1 unspecified atom stereocenters. The molecule has 0 amide bonds. The van der Waals surface area contributed by atoms with Gasteiger partial charge in [-0.25, -0.2) is 0 Å². The van der Waals surface area contributed by atoms with Gasteiger partial charge in [0.15, 0.2) is 0 Å². The van der Waals surface area contributed by atoms with E-state index in [4.69, 9.17) is 4.74 Å². The Morgan fingerprint density at radius 1 is 1.26 bits per heavy atom. The first-order valence-corrected chi connectivity index (χ1v) is 6.89. The van der Waals surface area contributed by atoms with E-state index >= 15 is 0 Å². The van der Waals surface area contributed by atoms with Crippen LogP contribution in [-0.2, 0) is 11.3 Å². The van der Waals surface area contributed by atoms with Crippen LogP contribution in [0.3, 0.4) is 0 Å². The first-order valence-electron chi connectivity index (χ1n) is 6.89. The molecule has 19 heavy (non-hydrogen) atoms. The summed E-state index contributed by atoms with van der Waals surface area (Å²) in [6.45, 7) is 3.79. The van der Waals surface area contributed by atoms with Gasteiger partial charge in [-0.15, -0.1) is 0 Å². The van der Waals surface area contributed by atoms with E-state index in [-0.39, 0.29) is 0 Å². The number of nitrogens with zero attached hydrogens (tertiary/aromatic N) is 1. The lowest BCUT2D eigenvalue weighted by atomic mass is 10.1. The third-order valence-corrected chi connectivity index (χ3v) is 3.34. The van der Waals surface area contributed by atoms with Crippen molar-refractivity contribution in [3.05, 3.63) is 42.2 Å². The fourth-order valence-corrected chi connectivity index (χ4v) is 2.37. The third-order valence-electron chi connectivity index (χ3n) is 3.34. The van der Waals surface area contributed by atoms with Gasteiger partial charge in [0.1, 0.15) is 0 Å². The van der Waals surface area contributed by atoms with Gasteiger partial charge in [-0.3, -0.25) is 4.98 Å². The molecule has 0 aliphatic rings. The molecule has 0 saturated heterocycles. The molecule has 2 rings (SSSR count). The predicted molar refractivity (Wildman–Crippen MR) is 79.2 cm³/mol. The molecule has 2 aromatic rings. The fraction of sp³-hybridized carbons (Fsp3) is 0.438. The van der Waals surface area contributed by atoms with Crippen molar-refractivity contribution in [3.8, 4) is 0 Å². The largest absolute Gasteiger partial charge is 0.383 e. The average Bonchev–Trinajstić information content (AvgIpc) is 2.45. The lowest BCUT2D eigenvalue weighted by Gasteiger charge is -2.17. The van der Waals surface area contributed by atoms with Crippen molar-refractivity contribution in [3.63, 3.8) is 0 Å². The topological polar surface area (TPSA) is 34.1 Å². The Kier molecular flexibility index (Phi) is 5.31. The minimum absolute atomic E-state index is 0.411. The number of ether oxygens (including phenoxy) is 1. The van der Waals surface area contributed by atoms with Crippen LogP contribution in [0.25, 0.3) is 10.8 Å². The fourth-order valence-electron chi connectivity index (χ4n) is 2.37. The van der Waals surface area contributed by atoms with Crippen LogP contribution in [0, 0.1) is 0 Å². The quantitative estimate of drug-likeness (QED) is 0.828. The number of benzene rings is 1. The second-order valence-electron chi connectivity index (χ2n) is 4.84. The Morgan fingerprint density at radius 2 is 2.11 bits per heavy atom. The summed E-state index contributed by atoms with van der Waals surface area (Å²) in [6, 6.07) is 8.79. The lowest BCUT2D eigenvalue weighted by molar-refractivity contribution is 0.161. The van der Waals surface area contributed by atoms with E-state index in [2.05, 4.69) is 35.4 Å². The Balaban J connectivity index is 2.08. The first kappa shape index (κ1) is 14.0. The molecule has 1 aromatic carbocycles. The van der Waals surface area contributed by atoms with E-state index in [0.717, 1.165) is 26.0 Å². The highest BCUT2D eigenvalue weighted by molar-refractivity contribution is 5.84. The highest BCUT2D eigenvalue weighted by Crippen LogP contribution is 2.17. The highest BCUT2D eigenvalue weighted by Gasteiger charge is 2.08. The van der Waals surface area contributed by atoms with E-state index in [1.807, 2.05) is 18.5 Å². The second-order valence-corrected chi connectivity index (χ2v) is 4.84. The van der Waals surface area contributed by atoms with Gasteiger partial charge >= 0.3 is 0 Å². The molecule has 0 spiro atoms. The molecule has 1 N–H and O–H groups in total. The van der Waals surface area contributed by atoms with E-state index in [1.165, 1.54) is 16.3 Å². The number of aromatic nitrogens is 1. The number of nitrogens with one attached hydrogen (secondary N) is 1. The van der Waals surface area contributed by atoms with Gasteiger partial charge in [0.25, 0.3) is 0 Å². The summed E-state index contributed by atoms with van der Waals surface area (Å²) < 4.78 is 5.25. The van der Waals surface area contributed by atoms with E-state index in [1.54, 1.807) is 7.11 Å². The molecule has 1 heterocycles. The van der Waals surface area contributed by atoms with Crippen LogP contribution in [0.2, 0.25) is 0 Å². The number of fused-ring (bicyclic) bond motifs is 1. The summed E-state index contributed by atoms with van der Waals surface area (Å²) in [5.74, 6) is 0. The zero-order valence-corrected chi connectivity index (χ0v) is 11.7. The van der Waals surface area contributed by atoms with Crippen molar-refractivity contribution in [2.45, 2.75) is 32.4 Å².